The molecule has 0 aliphatic carbocycles. The van der Waals surface area contributed by atoms with Crippen molar-refractivity contribution in [3.05, 3.63) is 17.0 Å². The maximum absolute atomic E-state index is 12.1. The highest BCUT2D eigenvalue weighted by atomic mass is 16.5. The second-order valence-corrected chi connectivity index (χ2v) is 5.42. The van der Waals surface area contributed by atoms with Gasteiger partial charge in [0.25, 0.3) is 0 Å². The third-order valence-corrected chi connectivity index (χ3v) is 3.88. The van der Waals surface area contributed by atoms with Crippen molar-refractivity contribution in [2.75, 3.05) is 13.6 Å². The molecule has 2 atom stereocenters. The van der Waals surface area contributed by atoms with E-state index in [1.807, 2.05) is 20.8 Å². The average Bonchev–Trinajstić information content (AvgIpc) is 2.93. The van der Waals surface area contributed by atoms with Gasteiger partial charge >= 0.3 is 6.03 Å². The molecule has 2 N–H and O–H groups in total. The van der Waals surface area contributed by atoms with Gasteiger partial charge in [0.1, 0.15) is 11.8 Å². The van der Waals surface area contributed by atoms with Crippen LogP contribution < -0.4 is 10.6 Å². The van der Waals surface area contributed by atoms with Gasteiger partial charge in [-0.1, -0.05) is 12.1 Å². The molecular formula is C14H22N4O3. The number of amides is 3. The molecule has 0 bridgehead atoms. The smallest absolute Gasteiger partial charge is 0.315 e. The van der Waals surface area contributed by atoms with Gasteiger partial charge in [0.2, 0.25) is 5.91 Å². The van der Waals surface area contributed by atoms with Crippen LogP contribution in [-0.4, -0.2) is 41.6 Å². The predicted octanol–water partition coefficient (Wildman–Crippen LogP) is 1.27. The van der Waals surface area contributed by atoms with E-state index in [4.69, 9.17) is 4.52 Å². The van der Waals surface area contributed by atoms with Crippen LogP contribution in [0.5, 0.6) is 0 Å². The summed E-state index contributed by atoms with van der Waals surface area (Å²) in [6.45, 7) is 6.33. The number of rotatable bonds is 4. The first-order chi connectivity index (χ1) is 9.93. The van der Waals surface area contributed by atoms with Gasteiger partial charge < -0.3 is 20.1 Å². The van der Waals surface area contributed by atoms with Crippen LogP contribution in [0.4, 0.5) is 4.79 Å². The second-order valence-electron chi connectivity index (χ2n) is 5.42. The Morgan fingerprint density at radius 1 is 1.52 bits per heavy atom. The molecular weight excluding hydrogens is 272 g/mol. The number of likely N-dealkylation sites (N-methyl/N-ethyl adjacent to an activating group) is 1. The van der Waals surface area contributed by atoms with Crippen LogP contribution in [0.2, 0.25) is 0 Å². The van der Waals surface area contributed by atoms with E-state index in [0.717, 1.165) is 17.7 Å². The minimum atomic E-state index is -0.433. The molecule has 1 aliphatic heterocycles. The van der Waals surface area contributed by atoms with Crippen LogP contribution in [0.25, 0.3) is 0 Å². The van der Waals surface area contributed by atoms with Crippen molar-refractivity contribution in [2.24, 2.45) is 0 Å². The molecule has 1 saturated heterocycles. The summed E-state index contributed by atoms with van der Waals surface area (Å²) in [7, 11) is 1.74. The Bertz CT molecular complexity index is 521. The number of aryl methyl sites for hydroxylation is 2. The van der Waals surface area contributed by atoms with E-state index in [9.17, 15) is 9.59 Å². The maximum atomic E-state index is 12.1. The Hall–Kier alpha value is -2.05. The summed E-state index contributed by atoms with van der Waals surface area (Å²) in [5, 5.41) is 9.53. The molecule has 1 fully saturated rings. The SMILES string of the molecule is CCC(NC(=O)NC1CCN(C)C1=O)c1c(C)noc1C. The molecule has 7 heteroatoms. The number of carbonyl (C=O) groups excluding carboxylic acids is 2. The van der Waals surface area contributed by atoms with E-state index in [2.05, 4.69) is 15.8 Å². The van der Waals surface area contributed by atoms with Gasteiger partial charge in [-0.3, -0.25) is 4.79 Å². The fourth-order valence-corrected chi connectivity index (χ4v) is 2.68. The molecule has 0 aromatic carbocycles. The van der Waals surface area contributed by atoms with Gasteiger partial charge in [0.05, 0.1) is 11.7 Å². The van der Waals surface area contributed by atoms with Gasteiger partial charge in [-0.15, -0.1) is 0 Å². The Kier molecular flexibility index (Phi) is 4.50. The molecule has 1 aromatic heterocycles. The third kappa shape index (κ3) is 3.17. The zero-order valence-electron chi connectivity index (χ0n) is 12.9. The van der Waals surface area contributed by atoms with Crippen LogP contribution in [-0.2, 0) is 4.79 Å². The zero-order chi connectivity index (χ0) is 15.6. The number of nitrogens with zero attached hydrogens (tertiary/aromatic N) is 2. The highest BCUT2D eigenvalue weighted by molar-refractivity contribution is 5.88. The highest BCUT2D eigenvalue weighted by Crippen LogP contribution is 2.23. The topological polar surface area (TPSA) is 87.5 Å². The van der Waals surface area contributed by atoms with E-state index in [0.29, 0.717) is 18.7 Å². The molecule has 1 aromatic rings. The van der Waals surface area contributed by atoms with Gasteiger partial charge in [-0.25, -0.2) is 4.79 Å². The number of hydrogen-bond donors (Lipinski definition) is 2. The van der Waals surface area contributed by atoms with E-state index < -0.39 is 6.04 Å². The summed E-state index contributed by atoms with van der Waals surface area (Å²) >= 11 is 0. The van der Waals surface area contributed by atoms with E-state index in [1.54, 1.807) is 11.9 Å². The molecule has 2 unspecified atom stereocenters. The zero-order valence-corrected chi connectivity index (χ0v) is 12.9. The van der Waals surface area contributed by atoms with Crippen molar-refractivity contribution in [3.8, 4) is 0 Å². The first kappa shape index (κ1) is 15.3. The van der Waals surface area contributed by atoms with Crippen molar-refractivity contribution < 1.29 is 14.1 Å². The number of aromatic nitrogens is 1. The molecule has 1 aliphatic rings. The largest absolute Gasteiger partial charge is 0.361 e. The Morgan fingerprint density at radius 3 is 2.71 bits per heavy atom. The van der Waals surface area contributed by atoms with E-state index in [1.165, 1.54) is 0 Å². The van der Waals surface area contributed by atoms with Crippen molar-refractivity contribution in [1.29, 1.82) is 0 Å². The van der Waals surface area contributed by atoms with Crippen molar-refractivity contribution in [1.82, 2.24) is 20.7 Å². The molecule has 0 saturated carbocycles. The molecule has 7 nitrogen and oxygen atoms in total. The number of likely N-dealkylation sites (tertiary alicyclic amines) is 1. The summed E-state index contributed by atoms with van der Waals surface area (Å²) in [5.41, 5.74) is 1.68. The van der Waals surface area contributed by atoms with E-state index >= 15 is 0 Å². The van der Waals surface area contributed by atoms with Crippen LogP contribution in [0.15, 0.2) is 4.52 Å². The number of carbonyl (C=O) groups is 2. The first-order valence-electron chi connectivity index (χ1n) is 7.18. The minimum Gasteiger partial charge on any atom is -0.361 e. The second kappa shape index (κ2) is 6.15. The predicted molar refractivity (Wildman–Crippen MR) is 76.7 cm³/mol. The number of urea groups is 1. The normalized spacial score (nSPS) is 19.7. The van der Waals surface area contributed by atoms with Gasteiger partial charge in [0, 0.05) is 19.2 Å². The van der Waals surface area contributed by atoms with Gasteiger partial charge in [-0.2, -0.15) is 0 Å². The Morgan fingerprint density at radius 2 is 2.24 bits per heavy atom. The number of nitrogens with one attached hydrogen (secondary N) is 2. The van der Waals surface area contributed by atoms with Gasteiger partial charge in [-0.05, 0) is 26.7 Å². The minimum absolute atomic E-state index is 0.0458. The number of hydrogen-bond acceptors (Lipinski definition) is 4. The average molecular weight is 294 g/mol. The molecule has 2 heterocycles. The Labute approximate surface area is 124 Å². The van der Waals surface area contributed by atoms with E-state index in [-0.39, 0.29) is 18.0 Å². The van der Waals surface area contributed by atoms with Crippen molar-refractivity contribution in [3.63, 3.8) is 0 Å². The summed E-state index contributed by atoms with van der Waals surface area (Å²) in [5.74, 6) is 0.659. The van der Waals surface area contributed by atoms with Crippen LogP contribution >= 0.6 is 0 Å². The molecule has 116 valence electrons. The van der Waals surface area contributed by atoms with Crippen molar-refractivity contribution >= 4 is 11.9 Å². The quantitative estimate of drug-likeness (QED) is 0.875. The lowest BCUT2D eigenvalue weighted by atomic mass is 10.0. The lowest BCUT2D eigenvalue weighted by molar-refractivity contribution is -0.128. The summed E-state index contributed by atoms with van der Waals surface area (Å²) < 4.78 is 5.14. The Balaban J connectivity index is 1.99. The van der Waals surface area contributed by atoms with Crippen LogP contribution in [0.3, 0.4) is 0 Å². The summed E-state index contributed by atoms with van der Waals surface area (Å²) in [6, 6.07) is -0.946. The highest BCUT2D eigenvalue weighted by Gasteiger charge is 2.31. The summed E-state index contributed by atoms with van der Waals surface area (Å²) in [4.78, 5) is 25.5. The lowest BCUT2D eigenvalue weighted by Gasteiger charge is -2.19. The van der Waals surface area contributed by atoms with Crippen LogP contribution in [0.1, 0.15) is 42.8 Å². The van der Waals surface area contributed by atoms with Gasteiger partial charge in [0.15, 0.2) is 0 Å². The fraction of sp³-hybridized carbons (Fsp3) is 0.643. The summed E-state index contributed by atoms with van der Waals surface area (Å²) in [6.07, 6.45) is 1.36. The molecule has 21 heavy (non-hydrogen) atoms. The lowest BCUT2D eigenvalue weighted by Crippen LogP contribution is -2.46. The molecule has 0 spiro atoms. The third-order valence-electron chi connectivity index (χ3n) is 3.88. The monoisotopic (exact) mass is 294 g/mol. The first-order valence-corrected chi connectivity index (χ1v) is 7.18. The maximum Gasteiger partial charge on any atom is 0.315 e. The molecule has 2 rings (SSSR count). The molecule has 3 amide bonds. The van der Waals surface area contributed by atoms with Crippen molar-refractivity contribution in [2.45, 2.75) is 45.7 Å². The standard InChI is InChI=1S/C14H22N4O3/c1-5-10(12-8(2)17-21-9(12)3)15-14(20)16-11-6-7-18(4)13(11)19/h10-11H,5-7H2,1-4H3,(H2,15,16,20). The van der Waals surface area contributed by atoms with Crippen LogP contribution in [0, 0.1) is 13.8 Å². The fourth-order valence-electron chi connectivity index (χ4n) is 2.68. The molecule has 0 radical (unpaired) electrons.